The summed E-state index contributed by atoms with van der Waals surface area (Å²) >= 11 is 5.82. The summed E-state index contributed by atoms with van der Waals surface area (Å²) in [7, 11) is 0. The molecule has 1 aliphatic heterocycles. The van der Waals surface area contributed by atoms with E-state index in [9.17, 15) is 14.7 Å². The van der Waals surface area contributed by atoms with Crippen LogP contribution in [-0.4, -0.2) is 53.4 Å². The molecule has 1 aromatic carbocycles. The summed E-state index contributed by atoms with van der Waals surface area (Å²) in [4.78, 5) is 28.2. The number of carbonyl (C=O) groups excluding carboxylic acids is 2. The van der Waals surface area contributed by atoms with Crippen LogP contribution in [0.25, 0.3) is 0 Å². The van der Waals surface area contributed by atoms with Crippen molar-refractivity contribution >= 4 is 29.2 Å². The molecule has 4 N–H and O–H groups in total. The van der Waals surface area contributed by atoms with E-state index in [0.29, 0.717) is 35.7 Å². The lowest BCUT2D eigenvalue weighted by atomic mass is 9.97. The van der Waals surface area contributed by atoms with Crippen LogP contribution in [0.3, 0.4) is 0 Å². The van der Waals surface area contributed by atoms with Gasteiger partial charge in [-0.15, -0.1) is 0 Å². The number of rotatable bonds is 7. The maximum absolute atomic E-state index is 12.3. The fourth-order valence-corrected chi connectivity index (χ4v) is 3.44. The van der Waals surface area contributed by atoms with Gasteiger partial charge in [0.15, 0.2) is 0 Å². The zero-order valence-electron chi connectivity index (χ0n) is 16.4. The van der Waals surface area contributed by atoms with Crippen LogP contribution in [-0.2, 0) is 4.74 Å². The lowest BCUT2D eigenvalue weighted by Crippen LogP contribution is -2.51. The van der Waals surface area contributed by atoms with Gasteiger partial charge < -0.3 is 25.8 Å². The van der Waals surface area contributed by atoms with Gasteiger partial charge in [-0.3, -0.25) is 9.78 Å². The van der Waals surface area contributed by atoms with Crippen molar-refractivity contribution in [3.05, 3.63) is 59.4 Å². The van der Waals surface area contributed by atoms with Crippen LogP contribution in [0.15, 0.2) is 48.8 Å². The summed E-state index contributed by atoms with van der Waals surface area (Å²) in [5.41, 5.74) is 1.12. The van der Waals surface area contributed by atoms with E-state index in [1.165, 1.54) is 6.20 Å². The SMILES string of the molecule is O=C(NCC[C@H]1CC[C@@H](NC(=O)c2cccnc2)[C@H](CO)O1)Nc1ccc(Cl)cc1. The standard InChI is InChI=1S/C21H25ClN4O4/c22-15-3-5-16(6-4-15)25-21(29)24-11-9-17-7-8-18(19(13-27)30-17)26-20(28)14-2-1-10-23-12-14/h1-6,10,12,17-19,27H,7-9,11,13H2,(H,26,28)(H2,24,25,29)/t17-,18-,19+/m1/s1. The molecule has 1 aliphatic rings. The number of aromatic nitrogens is 1. The lowest BCUT2D eigenvalue weighted by Gasteiger charge is -2.36. The van der Waals surface area contributed by atoms with E-state index in [0.717, 1.165) is 6.42 Å². The van der Waals surface area contributed by atoms with Crippen LogP contribution in [0.4, 0.5) is 10.5 Å². The molecular formula is C21H25ClN4O4. The second-order valence-electron chi connectivity index (χ2n) is 7.05. The molecular weight excluding hydrogens is 408 g/mol. The van der Waals surface area contributed by atoms with Gasteiger partial charge in [-0.05, 0) is 55.7 Å². The topological polar surface area (TPSA) is 113 Å². The molecule has 3 rings (SSSR count). The highest BCUT2D eigenvalue weighted by atomic mass is 35.5. The molecule has 1 fully saturated rings. The highest BCUT2D eigenvalue weighted by Gasteiger charge is 2.32. The predicted molar refractivity (Wildman–Crippen MR) is 114 cm³/mol. The largest absolute Gasteiger partial charge is 0.394 e. The van der Waals surface area contributed by atoms with Gasteiger partial charge in [0.05, 0.1) is 24.3 Å². The number of carbonyl (C=O) groups is 2. The Hall–Kier alpha value is -2.68. The number of anilines is 1. The first-order valence-electron chi connectivity index (χ1n) is 9.83. The van der Waals surface area contributed by atoms with Gasteiger partial charge in [-0.2, -0.15) is 0 Å². The van der Waals surface area contributed by atoms with Crippen molar-refractivity contribution in [2.45, 2.75) is 37.5 Å². The Morgan fingerprint density at radius 2 is 2.00 bits per heavy atom. The first-order valence-corrected chi connectivity index (χ1v) is 10.2. The van der Waals surface area contributed by atoms with E-state index in [4.69, 9.17) is 16.3 Å². The number of aliphatic hydroxyl groups excluding tert-OH is 1. The maximum atomic E-state index is 12.3. The third-order valence-corrected chi connectivity index (χ3v) is 5.14. The lowest BCUT2D eigenvalue weighted by molar-refractivity contribution is -0.0892. The van der Waals surface area contributed by atoms with Gasteiger partial charge in [0.2, 0.25) is 0 Å². The fraction of sp³-hybridized carbons (Fsp3) is 0.381. The molecule has 0 aliphatic carbocycles. The zero-order chi connectivity index (χ0) is 21.3. The van der Waals surface area contributed by atoms with Gasteiger partial charge in [0.1, 0.15) is 6.10 Å². The highest BCUT2D eigenvalue weighted by Crippen LogP contribution is 2.22. The minimum absolute atomic E-state index is 0.107. The second-order valence-corrected chi connectivity index (χ2v) is 7.49. The van der Waals surface area contributed by atoms with Crippen LogP contribution in [0.5, 0.6) is 0 Å². The number of halogens is 1. The van der Waals surface area contributed by atoms with Crippen LogP contribution in [0, 0.1) is 0 Å². The number of urea groups is 1. The van der Waals surface area contributed by atoms with Gasteiger partial charge in [0, 0.05) is 29.6 Å². The van der Waals surface area contributed by atoms with Crippen molar-refractivity contribution in [1.29, 1.82) is 0 Å². The molecule has 0 radical (unpaired) electrons. The Morgan fingerprint density at radius 1 is 1.20 bits per heavy atom. The predicted octanol–water partition coefficient (Wildman–Crippen LogP) is 2.59. The average molecular weight is 433 g/mol. The monoisotopic (exact) mass is 432 g/mol. The first-order chi connectivity index (χ1) is 14.5. The molecule has 0 saturated carbocycles. The molecule has 160 valence electrons. The number of ether oxygens (including phenoxy) is 1. The minimum atomic E-state index is -0.493. The summed E-state index contributed by atoms with van der Waals surface area (Å²) < 4.78 is 5.93. The van der Waals surface area contributed by atoms with Crippen molar-refractivity contribution < 1.29 is 19.4 Å². The normalized spacial score (nSPS) is 20.9. The third-order valence-electron chi connectivity index (χ3n) is 4.89. The summed E-state index contributed by atoms with van der Waals surface area (Å²) in [6.07, 6.45) is 4.50. The fourth-order valence-electron chi connectivity index (χ4n) is 3.31. The maximum Gasteiger partial charge on any atom is 0.319 e. The molecule has 3 atom stereocenters. The minimum Gasteiger partial charge on any atom is -0.394 e. The molecule has 0 spiro atoms. The molecule has 0 unspecified atom stereocenters. The summed E-state index contributed by atoms with van der Waals surface area (Å²) in [6.45, 7) is 0.230. The van der Waals surface area contributed by atoms with E-state index >= 15 is 0 Å². The molecule has 2 heterocycles. The molecule has 1 saturated heterocycles. The second kappa shape index (κ2) is 10.9. The van der Waals surface area contributed by atoms with Gasteiger partial charge in [0.25, 0.3) is 5.91 Å². The molecule has 30 heavy (non-hydrogen) atoms. The zero-order valence-corrected chi connectivity index (χ0v) is 17.1. The molecule has 9 heteroatoms. The number of nitrogens with zero attached hydrogens (tertiary/aromatic N) is 1. The van der Waals surface area contributed by atoms with E-state index in [-0.39, 0.29) is 30.7 Å². The van der Waals surface area contributed by atoms with Crippen molar-refractivity contribution in [3.8, 4) is 0 Å². The van der Waals surface area contributed by atoms with E-state index in [2.05, 4.69) is 20.9 Å². The van der Waals surface area contributed by atoms with Gasteiger partial charge in [-0.1, -0.05) is 11.6 Å². The molecule has 1 aromatic heterocycles. The smallest absolute Gasteiger partial charge is 0.319 e. The first kappa shape index (κ1) is 22.0. The van der Waals surface area contributed by atoms with Crippen LogP contribution in [0.1, 0.15) is 29.6 Å². The summed E-state index contributed by atoms with van der Waals surface area (Å²) in [5.74, 6) is -0.242. The highest BCUT2D eigenvalue weighted by molar-refractivity contribution is 6.30. The number of amides is 3. The van der Waals surface area contributed by atoms with Crippen molar-refractivity contribution in [1.82, 2.24) is 15.6 Å². The summed E-state index contributed by atoms with van der Waals surface area (Å²) in [6, 6.07) is 9.63. The van der Waals surface area contributed by atoms with Crippen LogP contribution < -0.4 is 16.0 Å². The van der Waals surface area contributed by atoms with Gasteiger partial charge >= 0.3 is 6.03 Å². The van der Waals surface area contributed by atoms with E-state index < -0.39 is 6.10 Å². The molecule has 2 aromatic rings. The molecule has 0 bridgehead atoms. The number of benzene rings is 1. The number of hydrogen-bond donors (Lipinski definition) is 4. The van der Waals surface area contributed by atoms with Crippen molar-refractivity contribution in [3.63, 3.8) is 0 Å². The number of aliphatic hydroxyl groups is 1. The Kier molecular flexibility index (Phi) is 8.01. The Bertz CT molecular complexity index is 835. The summed E-state index contributed by atoms with van der Waals surface area (Å²) in [5, 5.41) is 18.7. The number of pyridine rings is 1. The Morgan fingerprint density at radius 3 is 2.70 bits per heavy atom. The van der Waals surface area contributed by atoms with Gasteiger partial charge in [-0.25, -0.2) is 4.79 Å². The van der Waals surface area contributed by atoms with Crippen molar-refractivity contribution in [2.24, 2.45) is 0 Å². The van der Waals surface area contributed by atoms with Crippen LogP contribution in [0.2, 0.25) is 5.02 Å². The van der Waals surface area contributed by atoms with E-state index in [1.807, 2.05) is 0 Å². The van der Waals surface area contributed by atoms with E-state index in [1.54, 1.807) is 42.6 Å². The Labute approximate surface area is 180 Å². The Balaban J connectivity index is 1.40. The number of nitrogens with one attached hydrogen (secondary N) is 3. The van der Waals surface area contributed by atoms with Crippen LogP contribution >= 0.6 is 11.6 Å². The quantitative estimate of drug-likeness (QED) is 0.537. The average Bonchev–Trinajstić information content (AvgIpc) is 2.77. The number of hydrogen-bond acceptors (Lipinski definition) is 5. The van der Waals surface area contributed by atoms with Crippen molar-refractivity contribution in [2.75, 3.05) is 18.5 Å². The third kappa shape index (κ3) is 6.41. The molecule has 8 nitrogen and oxygen atoms in total. The molecule has 3 amide bonds.